The second-order valence-corrected chi connectivity index (χ2v) is 6.74. The molecule has 0 bridgehead atoms. The molecule has 0 heterocycles. The Labute approximate surface area is 106 Å². The lowest BCUT2D eigenvalue weighted by Crippen LogP contribution is -2.55. The summed E-state index contributed by atoms with van der Waals surface area (Å²) in [5.74, 6) is 1.68. The first-order chi connectivity index (χ1) is 8.13. The minimum atomic E-state index is 0.0446. The smallest absolute Gasteiger partial charge is 0.0613 e. The first-order valence-electron chi connectivity index (χ1n) is 7.52. The van der Waals surface area contributed by atoms with Gasteiger partial charge in [-0.15, -0.1) is 0 Å². The van der Waals surface area contributed by atoms with Crippen LogP contribution in [0, 0.1) is 11.8 Å². The maximum atomic E-state index is 9.78. The maximum absolute atomic E-state index is 9.78. The van der Waals surface area contributed by atoms with E-state index in [0.29, 0.717) is 12.6 Å². The molecule has 0 aromatic rings. The number of aliphatic hydroxyl groups is 1. The van der Waals surface area contributed by atoms with Gasteiger partial charge in [-0.2, -0.15) is 0 Å². The largest absolute Gasteiger partial charge is 0.394 e. The van der Waals surface area contributed by atoms with Crippen molar-refractivity contribution in [3.8, 4) is 0 Å². The molecule has 0 spiro atoms. The molecule has 2 unspecified atom stereocenters. The van der Waals surface area contributed by atoms with Gasteiger partial charge in [0.15, 0.2) is 0 Å². The van der Waals surface area contributed by atoms with Crippen LogP contribution in [-0.2, 0) is 0 Å². The summed E-state index contributed by atoms with van der Waals surface area (Å²) in [5.41, 5.74) is 0.0446. The summed E-state index contributed by atoms with van der Waals surface area (Å²) >= 11 is 0. The molecule has 100 valence electrons. The summed E-state index contributed by atoms with van der Waals surface area (Å²) < 4.78 is 0. The van der Waals surface area contributed by atoms with E-state index in [0.717, 1.165) is 18.3 Å². The molecule has 0 saturated heterocycles. The van der Waals surface area contributed by atoms with Crippen LogP contribution in [0.1, 0.15) is 65.2 Å². The molecule has 0 radical (unpaired) electrons. The normalized spacial score (nSPS) is 43.6. The lowest BCUT2D eigenvalue weighted by molar-refractivity contribution is 0.0796. The Hall–Kier alpha value is -0.0800. The second kappa shape index (κ2) is 5.71. The Morgan fingerprint density at radius 3 is 2.35 bits per heavy atom. The highest BCUT2D eigenvalue weighted by atomic mass is 16.3. The standard InChI is InChI=1S/C15H29NO/c1-12-5-7-14(8-6-12)16-15(11-17)9-3-4-13(2)10-15/h12-14,16-17H,3-11H2,1-2H3. The van der Waals surface area contributed by atoms with Gasteiger partial charge in [-0.25, -0.2) is 0 Å². The van der Waals surface area contributed by atoms with Gasteiger partial charge in [0.2, 0.25) is 0 Å². The highest BCUT2D eigenvalue weighted by molar-refractivity contribution is 4.95. The number of hydrogen-bond donors (Lipinski definition) is 2. The molecule has 2 fully saturated rings. The molecule has 2 saturated carbocycles. The third-order valence-corrected chi connectivity index (χ3v) is 4.92. The monoisotopic (exact) mass is 239 g/mol. The van der Waals surface area contributed by atoms with Crippen LogP contribution in [0.25, 0.3) is 0 Å². The summed E-state index contributed by atoms with van der Waals surface area (Å²) in [7, 11) is 0. The van der Waals surface area contributed by atoms with E-state index in [2.05, 4.69) is 19.2 Å². The third kappa shape index (κ3) is 3.45. The zero-order chi connectivity index (χ0) is 12.3. The molecule has 0 aliphatic heterocycles. The van der Waals surface area contributed by atoms with Crippen molar-refractivity contribution >= 4 is 0 Å². The Balaban J connectivity index is 1.90. The molecule has 2 heteroatoms. The van der Waals surface area contributed by atoms with E-state index in [-0.39, 0.29) is 5.54 Å². The number of nitrogens with one attached hydrogen (secondary N) is 1. The average molecular weight is 239 g/mol. The minimum Gasteiger partial charge on any atom is -0.394 e. The van der Waals surface area contributed by atoms with Crippen LogP contribution in [0.15, 0.2) is 0 Å². The highest BCUT2D eigenvalue weighted by Gasteiger charge is 2.36. The van der Waals surface area contributed by atoms with Gasteiger partial charge < -0.3 is 10.4 Å². The Kier molecular flexibility index (Phi) is 4.48. The van der Waals surface area contributed by atoms with E-state index in [4.69, 9.17) is 0 Å². The molecule has 2 N–H and O–H groups in total. The maximum Gasteiger partial charge on any atom is 0.0613 e. The summed E-state index contributed by atoms with van der Waals surface area (Å²) in [6.07, 6.45) is 10.3. The first-order valence-corrected chi connectivity index (χ1v) is 7.52. The van der Waals surface area contributed by atoms with Gasteiger partial charge in [0, 0.05) is 11.6 Å². The molecule has 2 aliphatic carbocycles. The fourth-order valence-electron chi connectivity index (χ4n) is 3.82. The van der Waals surface area contributed by atoms with Crippen LogP contribution in [0.4, 0.5) is 0 Å². The SMILES string of the molecule is CC1CCC(NC2(CO)CCCC(C)C2)CC1. The Bertz CT molecular complexity index is 235. The predicted octanol–water partition coefficient (Wildman–Crippen LogP) is 3.10. The van der Waals surface area contributed by atoms with Gasteiger partial charge >= 0.3 is 0 Å². The summed E-state index contributed by atoms with van der Waals surface area (Å²) in [4.78, 5) is 0. The second-order valence-electron chi connectivity index (χ2n) is 6.74. The lowest BCUT2D eigenvalue weighted by Gasteiger charge is -2.43. The van der Waals surface area contributed by atoms with Gasteiger partial charge in [-0.3, -0.25) is 0 Å². The van der Waals surface area contributed by atoms with Crippen molar-refractivity contribution in [2.75, 3.05) is 6.61 Å². The van der Waals surface area contributed by atoms with Gasteiger partial charge in [-0.1, -0.05) is 26.7 Å². The van der Waals surface area contributed by atoms with E-state index in [1.165, 1.54) is 44.9 Å². The predicted molar refractivity (Wildman–Crippen MR) is 72.0 cm³/mol. The number of aliphatic hydroxyl groups excluding tert-OH is 1. The van der Waals surface area contributed by atoms with Crippen molar-refractivity contribution in [1.82, 2.24) is 5.32 Å². The summed E-state index contributed by atoms with van der Waals surface area (Å²) in [5, 5.41) is 13.6. The Morgan fingerprint density at radius 2 is 1.76 bits per heavy atom. The highest BCUT2D eigenvalue weighted by Crippen LogP contribution is 2.34. The molecule has 2 atom stereocenters. The quantitative estimate of drug-likeness (QED) is 0.793. The van der Waals surface area contributed by atoms with Gasteiger partial charge in [0.1, 0.15) is 0 Å². The van der Waals surface area contributed by atoms with Crippen LogP contribution in [-0.4, -0.2) is 23.3 Å². The zero-order valence-corrected chi connectivity index (χ0v) is 11.5. The van der Waals surface area contributed by atoms with Gasteiger partial charge in [0.05, 0.1) is 6.61 Å². The summed E-state index contributed by atoms with van der Waals surface area (Å²) in [6, 6.07) is 0.656. The van der Waals surface area contributed by atoms with Crippen LogP contribution in [0.5, 0.6) is 0 Å². The van der Waals surface area contributed by atoms with Crippen molar-refractivity contribution in [2.24, 2.45) is 11.8 Å². The molecule has 2 aliphatic rings. The van der Waals surface area contributed by atoms with Gasteiger partial charge in [0.25, 0.3) is 0 Å². The van der Waals surface area contributed by atoms with E-state index in [1.54, 1.807) is 0 Å². The van der Waals surface area contributed by atoms with Crippen molar-refractivity contribution in [1.29, 1.82) is 0 Å². The van der Waals surface area contributed by atoms with Crippen molar-refractivity contribution in [3.63, 3.8) is 0 Å². The fraction of sp³-hybridized carbons (Fsp3) is 1.00. The molecular formula is C15H29NO. The molecule has 0 amide bonds. The molecule has 2 rings (SSSR count). The Morgan fingerprint density at radius 1 is 1.06 bits per heavy atom. The van der Waals surface area contributed by atoms with Crippen molar-refractivity contribution < 1.29 is 5.11 Å². The first kappa shape index (κ1) is 13.4. The van der Waals surface area contributed by atoms with E-state index in [9.17, 15) is 5.11 Å². The third-order valence-electron chi connectivity index (χ3n) is 4.92. The van der Waals surface area contributed by atoms with Crippen LogP contribution in [0.2, 0.25) is 0 Å². The molecule has 17 heavy (non-hydrogen) atoms. The van der Waals surface area contributed by atoms with E-state index in [1.807, 2.05) is 0 Å². The summed E-state index contributed by atoms with van der Waals surface area (Å²) in [6.45, 7) is 5.01. The van der Waals surface area contributed by atoms with Crippen LogP contribution >= 0.6 is 0 Å². The molecule has 0 aromatic carbocycles. The zero-order valence-electron chi connectivity index (χ0n) is 11.5. The number of rotatable bonds is 3. The lowest BCUT2D eigenvalue weighted by atomic mass is 9.75. The fourth-order valence-corrected chi connectivity index (χ4v) is 3.82. The van der Waals surface area contributed by atoms with Crippen LogP contribution < -0.4 is 5.32 Å². The minimum absolute atomic E-state index is 0.0446. The molecular weight excluding hydrogens is 210 g/mol. The molecule has 0 aromatic heterocycles. The van der Waals surface area contributed by atoms with Crippen molar-refractivity contribution in [2.45, 2.75) is 76.8 Å². The van der Waals surface area contributed by atoms with Crippen molar-refractivity contribution in [3.05, 3.63) is 0 Å². The average Bonchev–Trinajstić information content (AvgIpc) is 2.32. The molecule has 2 nitrogen and oxygen atoms in total. The van der Waals surface area contributed by atoms with E-state index < -0.39 is 0 Å². The number of hydrogen-bond acceptors (Lipinski definition) is 2. The topological polar surface area (TPSA) is 32.3 Å². The van der Waals surface area contributed by atoms with Crippen LogP contribution in [0.3, 0.4) is 0 Å². The van der Waals surface area contributed by atoms with E-state index >= 15 is 0 Å². The van der Waals surface area contributed by atoms with Gasteiger partial charge in [-0.05, 0) is 50.4 Å².